The minimum Gasteiger partial charge on any atom is -0.480 e. The van der Waals surface area contributed by atoms with Crippen LogP contribution in [0.4, 0.5) is 0 Å². The number of thioether (sulfide) groups is 1. The third kappa shape index (κ3) is 4.09. The monoisotopic (exact) mass is 372 g/mol. The summed E-state index contributed by atoms with van der Waals surface area (Å²) in [5.74, 6) is 0.133. The predicted molar refractivity (Wildman–Crippen MR) is 102 cm³/mol. The van der Waals surface area contributed by atoms with Crippen LogP contribution in [0.2, 0.25) is 0 Å². The van der Waals surface area contributed by atoms with Gasteiger partial charge in [0.25, 0.3) is 0 Å². The van der Waals surface area contributed by atoms with E-state index in [-0.39, 0.29) is 0 Å². The van der Waals surface area contributed by atoms with Gasteiger partial charge in [-0.1, -0.05) is 25.1 Å². The van der Waals surface area contributed by atoms with Crippen LogP contribution in [0.3, 0.4) is 0 Å². The highest BCUT2D eigenvalue weighted by molar-refractivity contribution is 7.99. The Morgan fingerprint density at radius 1 is 1.27 bits per heavy atom. The molecule has 1 saturated heterocycles. The summed E-state index contributed by atoms with van der Waals surface area (Å²) < 4.78 is 0. The summed E-state index contributed by atoms with van der Waals surface area (Å²) in [6.45, 7) is 3.14. The number of pyridine rings is 1. The van der Waals surface area contributed by atoms with Crippen molar-refractivity contribution in [2.24, 2.45) is 0 Å². The summed E-state index contributed by atoms with van der Waals surface area (Å²) in [5.41, 5.74) is 0.646. The van der Waals surface area contributed by atoms with Crippen LogP contribution in [0.1, 0.15) is 36.9 Å². The van der Waals surface area contributed by atoms with Crippen LogP contribution in [0.5, 0.6) is 0 Å². The molecule has 0 amide bonds. The summed E-state index contributed by atoms with van der Waals surface area (Å²) in [6, 6.07) is 10.8. The number of aliphatic carboxylic acids is 1. The number of rotatable bonds is 6. The topological polar surface area (TPSA) is 73.7 Å². The molecule has 0 spiro atoms. The highest BCUT2D eigenvalue weighted by Gasteiger charge is 2.38. The number of carboxylic acid groups (broad SMARTS) is 1. The SMILES string of the molecule is CCSc1ccc(C(C(=O)O)N2CCC(O)(c3cccnc3)CC2)cc1. The van der Waals surface area contributed by atoms with Gasteiger partial charge in [0, 0.05) is 35.9 Å². The number of carboxylic acids is 1. The maximum atomic E-state index is 11.9. The van der Waals surface area contributed by atoms with Crippen molar-refractivity contribution in [3.8, 4) is 0 Å². The van der Waals surface area contributed by atoms with Crippen molar-refractivity contribution in [1.82, 2.24) is 9.88 Å². The van der Waals surface area contributed by atoms with E-state index in [1.807, 2.05) is 41.3 Å². The highest BCUT2D eigenvalue weighted by atomic mass is 32.2. The van der Waals surface area contributed by atoms with Crippen LogP contribution in [-0.4, -0.2) is 44.9 Å². The molecule has 2 heterocycles. The van der Waals surface area contributed by atoms with E-state index >= 15 is 0 Å². The van der Waals surface area contributed by atoms with Gasteiger partial charge in [0.1, 0.15) is 6.04 Å². The van der Waals surface area contributed by atoms with Crippen LogP contribution in [0, 0.1) is 0 Å². The van der Waals surface area contributed by atoms with Crippen LogP contribution in [0.15, 0.2) is 53.7 Å². The number of aromatic nitrogens is 1. The van der Waals surface area contributed by atoms with E-state index < -0.39 is 17.6 Å². The molecular formula is C20H24N2O3S. The first kappa shape index (κ1) is 18.9. The molecule has 0 aliphatic carbocycles. The Kier molecular flexibility index (Phi) is 5.96. The Hall–Kier alpha value is -1.89. The molecule has 138 valence electrons. The number of hydrogen-bond donors (Lipinski definition) is 2. The zero-order valence-corrected chi connectivity index (χ0v) is 15.7. The van der Waals surface area contributed by atoms with Crippen LogP contribution in [-0.2, 0) is 10.4 Å². The number of nitrogens with zero attached hydrogens (tertiary/aromatic N) is 2. The van der Waals surface area contributed by atoms with Crippen LogP contribution in [0.25, 0.3) is 0 Å². The lowest BCUT2D eigenvalue weighted by atomic mass is 9.84. The third-order valence-electron chi connectivity index (χ3n) is 4.93. The fourth-order valence-electron chi connectivity index (χ4n) is 3.50. The van der Waals surface area contributed by atoms with Crippen molar-refractivity contribution in [3.63, 3.8) is 0 Å². The molecule has 2 N–H and O–H groups in total. The third-order valence-corrected chi connectivity index (χ3v) is 5.82. The largest absolute Gasteiger partial charge is 0.480 e. The maximum absolute atomic E-state index is 11.9. The Morgan fingerprint density at radius 3 is 2.50 bits per heavy atom. The predicted octanol–water partition coefficient (Wildman–Crippen LogP) is 3.30. The normalized spacial score (nSPS) is 18.4. The molecule has 0 bridgehead atoms. The average Bonchev–Trinajstić information content (AvgIpc) is 2.66. The average molecular weight is 372 g/mol. The van der Waals surface area contributed by atoms with Gasteiger partial charge in [-0.3, -0.25) is 14.7 Å². The van der Waals surface area contributed by atoms with Gasteiger partial charge in [0.15, 0.2) is 0 Å². The Bertz CT molecular complexity index is 728. The molecule has 3 rings (SSSR count). The van der Waals surface area contributed by atoms with E-state index in [4.69, 9.17) is 0 Å². The number of aliphatic hydroxyl groups is 1. The lowest BCUT2D eigenvalue weighted by Crippen LogP contribution is -2.46. The molecule has 1 aromatic carbocycles. The Balaban J connectivity index is 1.73. The molecule has 5 nitrogen and oxygen atoms in total. The van der Waals surface area contributed by atoms with Crippen molar-refractivity contribution in [2.75, 3.05) is 18.8 Å². The lowest BCUT2D eigenvalue weighted by Gasteiger charge is -2.40. The van der Waals surface area contributed by atoms with Gasteiger partial charge in [-0.15, -0.1) is 11.8 Å². The quantitative estimate of drug-likeness (QED) is 0.758. The van der Waals surface area contributed by atoms with Gasteiger partial charge in [-0.2, -0.15) is 0 Å². The van der Waals surface area contributed by atoms with Gasteiger partial charge in [0.2, 0.25) is 0 Å². The lowest BCUT2D eigenvalue weighted by molar-refractivity contribution is -0.146. The minimum atomic E-state index is -0.935. The van der Waals surface area contributed by atoms with E-state index in [2.05, 4.69) is 11.9 Å². The molecule has 0 radical (unpaired) electrons. The minimum absolute atomic E-state index is 0.492. The number of benzene rings is 1. The molecule has 1 aliphatic rings. The van der Waals surface area contributed by atoms with Crippen molar-refractivity contribution in [1.29, 1.82) is 0 Å². The second-order valence-electron chi connectivity index (χ2n) is 6.55. The number of likely N-dealkylation sites (tertiary alicyclic amines) is 1. The molecule has 1 unspecified atom stereocenters. The van der Waals surface area contributed by atoms with Gasteiger partial charge in [-0.05, 0) is 42.4 Å². The number of hydrogen-bond acceptors (Lipinski definition) is 5. The molecule has 1 aromatic heterocycles. The molecule has 6 heteroatoms. The zero-order chi connectivity index (χ0) is 18.6. The summed E-state index contributed by atoms with van der Waals surface area (Å²) in [7, 11) is 0. The molecule has 0 saturated carbocycles. The Morgan fingerprint density at radius 2 is 1.96 bits per heavy atom. The van der Waals surface area contributed by atoms with Crippen molar-refractivity contribution >= 4 is 17.7 Å². The number of piperidine rings is 1. The molecule has 2 aromatic rings. The van der Waals surface area contributed by atoms with E-state index in [9.17, 15) is 15.0 Å². The number of carbonyl (C=O) groups is 1. The van der Waals surface area contributed by atoms with Gasteiger partial charge in [-0.25, -0.2) is 0 Å². The van der Waals surface area contributed by atoms with Gasteiger partial charge < -0.3 is 10.2 Å². The molecule has 1 aliphatic heterocycles. The second kappa shape index (κ2) is 8.20. The standard InChI is InChI=1S/C20H24N2O3S/c1-2-26-17-7-5-15(6-8-17)18(19(23)24)22-12-9-20(25,10-13-22)16-4-3-11-21-14-16/h3-8,11,14,18,25H,2,9-10,12-13H2,1H3,(H,23,24). The zero-order valence-electron chi connectivity index (χ0n) is 14.8. The maximum Gasteiger partial charge on any atom is 0.325 e. The first-order valence-corrected chi connectivity index (χ1v) is 9.84. The van der Waals surface area contributed by atoms with Crippen LogP contribution < -0.4 is 0 Å². The van der Waals surface area contributed by atoms with E-state index in [1.165, 1.54) is 0 Å². The first-order valence-electron chi connectivity index (χ1n) is 8.86. The molecular weight excluding hydrogens is 348 g/mol. The summed E-state index contributed by atoms with van der Waals surface area (Å²) in [6.07, 6.45) is 4.36. The fourth-order valence-corrected chi connectivity index (χ4v) is 4.16. The second-order valence-corrected chi connectivity index (χ2v) is 7.89. The smallest absolute Gasteiger partial charge is 0.325 e. The Labute approximate surface area is 158 Å². The van der Waals surface area contributed by atoms with Crippen LogP contribution >= 0.6 is 11.8 Å². The van der Waals surface area contributed by atoms with Gasteiger partial charge >= 0.3 is 5.97 Å². The van der Waals surface area contributed by atoms with Crippen molar-refractivity contribution in [3.05, 3.63) is 59.9 Å². The van der Waals surface area contributed by atoms with Crippen molar-refractivity contribution < 1.29 is 15.0 Å². The summed E-state index contributed by atoms with van der Waals surface area (Å²) in [5, 5.41) is 20.7. The molecule has 1 atom stereocenters. The fraction of sp³-hybridized carbons (Fsp3) is 0.400. The van der Waals surface area contributed by atoms with E-state index in [0.29, 0.717) is 25.9 Å². The highest BCUT2D eigenvalue weighted by Crippen LogP contribution is 2.36. The molecule has 1 fully saturated rings. The first-order chi connectivity index (χ1) is 12.5. The van der Waals surface area contributed by atoms with Crippen molar-refractivity contribution in [2.45, 2.75) is 36.3 Å². The van der Waals surface area contributed by atoms with E-state index in [0.717, 1.165) is 21.8 Å². The van der Waals surface area contributed by atoms with E-state index in [1.54, 1.807) is 24.2 Å². The summed E-state index contributed by atoms with van der Waals surface area (Å²) in [4.78, 5) is 19.1. The summed E-state index contributed by atoms with van der Waals surface area (Å²) >= 11 is 1.74. The molecule has 26 heavy (non-hydrogen) atoms. The van der Waals surface area contributed by atoms with Gasteiger partial charge in [0.05, 0.1) is 5.60 Å².